The van der Waals surface area contributed by atoms with Crippen molar-refractivity contribution in [2.45, 2.75) is 33.1 Å². The van der Waals surface area contributed by atoms with Crippen LogP contribution >= 0.6 is 0 Å². The van der Waals surface area contributed by atoms with Crippen LogP contribution in [0.3, 0.4) is 0 Å². The Balaban J connectivity index is 1.16. The third-order valence-corrected chi connectivity index (χ3v) is 8.19. The molecular weight excluding hydrogens is 573 g/mol. The molecule has 0 bridgehead atoms. The van der Waals surface area contributed by atoms with E-state index in [0.29, 0.717) is 41.4 Å². The first-order valence-electron chi connectivity index (χ1n) is 14.6. The van der Waals surface area contributed by atoms with E-state index in [-0.39, 0.29) is 36.7 Å². The number of halogens is 3. The van der Waals surface area contributed by atoms with Crippen molar-refractivity contribution in [3.05, 3.63) is 82.7 Å². The fourth-order valence-corrected chi connectivity index (χ4v) is 5.81. The molecule has 0 aliphatic carbocycles. The molecule has 230 valence electrons. The SMILES string of the molecule is CCN1CCN(Cc2ccc(NC(=O)N3CC(=O)c4ccc(Oc5ccnc6[nH]c(C)cc56)cc4C3)cc2C(F)(F)F)CC1. The molecule has 2 aliphatic rings. The first-order chi connectivity index (χ1) is 21.1. The summed E-state index contributed by atoms with van der Waals surface area (Å²) in [5, 5.41) is 3.38. The van der Waals surface area contributed by atoms with Crippen molar-refractivity contribution in [1.29, 1.82) is 0 Å². The zero-order valence-corrected chi connectivity index (χ0v) is 24.5. The number of piperazine rings is 1. The highest BCUT2D eigenvalue weighted by atomic mass is 19.4. The monoisotopic (exact) mass is 606 g/mol. The average Bonchev–Trinajstić information content (AvgIpc) is 3.39. The zero-order chi connectivity index (χ0) is 31.0. The predicted octanol–water partition coefficient (Wildman–Crippen LogP) is 6.05. The standard InChI is InChI=1S/C32H33F3N6O3/c1-3-39-10-12-40(13-11-39)17-21-4-5-23(16-27(21)32(33,34)35)38-31(43)41-18-22-15-24(6-7-25(22)28(42)19-41)44-29-8-9-36-30-26(29)14-20(2)37-30/h4-9,14-16H,3,10-13,17-19H2,1-2H3,(H,36,37)(H,38,43). The lowest BCUT2D eigenvalue weighted by Gasteiger charge is -2.34. The molecule has 0 atom stereocenters. The number of ether oxygens (including phenoxy) is 1. The van der Waals surface area contributed by atoms with Crippen molar-refractivity contribution < 1.29 is 27.5 Å². The molecule has 4 heterocycles. The van der Waals surface area contributed by atoms with Gasteiger partial charge < -0.3 is 24.8 Å². The van der Waals surface area contributed by atoms with Gasteiger partial charge in [-0.1, -0.05) is 13.0 Å². The largest absolute Gasteiger partial charge is 0.457 e. The van der Waals surface area contributed by atoms with Gasteiger partial charge in [-0.25, -0.2) is 9.78 Å². The van der Waals surface area contributed by atoms with Crippen molar-refractivity contribution in [2.24, 2.45) is 0 Å². The minimum Gasteiger partial charge on any atom is -0.457 e. The number of ketones is 1. The first kappa shape index (κ1) is 29.6. The Kier molecular flexibility index (Phi) is 8.04. The maximum absolute atomic E-state index is 14.1. The van der Waals surface area contributed by atoms with Gasteiger partial charge in [0.15, 0.2) is 5.78 Å². The number of aryl methyl sites for hydroxylation is 1. The molecule has 44 heavy (non-hydrogen) atoms. The highest BCUT2D eigenvalue weighted by Crippen LogP contribution is 2.35. The lowest BCUT2D eigenvalue weighted by molar-refractivity contribution is -0.138. The van der Waals surface area contributed by atoms with E-state index in [1.807, 2.05) is 17.9 Å². The number of carbonyl (C=O) groups is 2. The molecule has 1 fully saturated rings. The van der Waals surface area contributed by atoms with Gasteiger partial charge in [-0.3, -0.25) is 9.69 Å². The van der Waals surface area contributed by atoms with Gasteiger partial charge in [0.05, 0.1) is 17.5 Å². The molecule has 1 saturated heterocycles. The average molecular weight is 607 g/mol. The minimum atomic E-state index is -4.59. The van der Waals surface area contributed by atoms with E-state index in [4.69, 9.17) is 4.74 Å². The van der Waals surface area contributed by atoms with Crippen LogP contribution < -0.4 is 10.1 Å². The van der Waals surface area contributed by atoms with Crippen LogP contribution in [0.2, 0.25) is 0 Å². The smallest absolute Gasteiger partial charge is 0.416 e. The van der Waals surface area contributed by atoms with E-state index >= 15 is 0 Å². The molecule has 2 aromatic heterocycles. The van der Waals surface area contributed by atoms with Gasteiger partial charge in [-0.05, 0) is 67.1 Å². The lowest BCUT2D eigenvalue weighted by atomic mass is 9.98. The van der Waals surface area contributed by atoms with E-state index in [9.17, 15) is 22.8 Å². The molecule has 2 aliphatic heterocycles. The number of likely N-dealkylation sites (N-methyl/N-ethyl adjacent to an activating group) is 1. The van der Waals surface area contributed by atoms with Crippen molar-refractivity contribution in [3.8, 4) is 11.5 Å². The van der Waals surface area contributed by atoms with E-state index < -0.39 is 17.8 Å². The van der Waals surface area contributed by atoms with Crippen molar-refractivity contribution in [1.82, 2.24) is 24.7 Å². The number of hydrogen-bond acceptors (Lipinski definition) is 6. The maximum atomic E-state index is 14.1. The quantitative estimate of drug-likeness (QED) is 0.278. The highest BCUT2D eigenvalue weighted by Gasteiger charge is 2.35. The van der Waals surface area contributed by atoms with Crippen LogP contribution in [-0.2, 0) is 19.3 Å². The molecule has 0 saturated carbocycles. The number of rotatable bonds is 6. The molecular formula is C32H33F3N6O3. The van der Waals surface area contributed by atoms with Gasteiger partial charge in [0.25, 0.3) is 0 Å². The zero-order valence-electron chi connectivity index (χ0n) is 24.5. The fraction of sp³-hybridized carbons (Fsp3) is 0.344. The number of urea groups is 1. The Morgan fingerprint density at radius 1 is 1.02 bits per heavy atom. The summed E-state index contributed by atoms with van der Waals surface area (Å²) in [5.74, 6) is 0.796. The van der Waals surface area contributed by atoms with Gasteiger partial charge in [-0.2, -0.15) is 13.2 Å². The van der Waals surface area contributed by atoms with E-state index in [1.54, 1.807) is 30.5 Å². The number of H-pyrrole nitrogens is 1. The van der Waals surface area contributed by atoms with Gasteiger partial charge in [0.1, 0.15) is 17.1 Å². The van der Waals surface area contributed by atoms with E-state index in [1.165, 1.54) is 17.0 Å². The van der Waals surface area contributed by atoms with E-state index in [0.717, 1.165) is 36.8 Å². The molecule has 2 amide bonds. The molecule has 0 unspecified atom stereocenters. The number of Topliss-reactive ketones (excluding diaryl/α,β-unsaturated/α-hetero) is 1. The Hall–Kier alpha value is -4.42. The number of anilines is 1. The topological polar surface area (TPSA) is 93.8 Å². The number of aromatic amines is 1. The van der Waals surface area contributed by atoms with Crippen LogP contribution in [0, 0.1) is 6.92 Å². The van der Waals surface area contributed by atoms with Crippen LogP contribution in [0.15, 0.2) is 54.7 Å². The number of carbonyl (C=O) groups excluding carboxylic acids is 2. The van der Waals surface area contributed by atoms with E-state index in [2.05, 4.69) is 27.1 Å². The first-order valence-corrected chi connectivity index (χ1v) is 14.6. The van der Waals surface area contributed by atoms with Gasteiger partial charge in [0, 0.05) is 62.4 Å². The Morgan fingerprint density at radius 3 is 2.55 bits per heavy atom. The fourth-order valence-electron chi connectivity index (χ4n) is 5.81. The number of alkyl halides is 3. The minimum absolute atomic E-state index is 0.0145. The van der Waals surface area contributed by atoms with Gasteiger partial charge in [-0.15, -0.1) is 0 Å². The lowest BCUT2D eigenvalue weighted by Crippen LogP contribution is -2.45. The number of nitrogens with one attached hydrogen (secondary N) is 2. The third kappa shape index (κ3) is 6.27. The van der Waals surface area contributed by atoms with Crippen molar-refractivity contribution in [3.63, 3.8) is 0 Å². The molecule has 2 N–H and O–H groups in total. The van der Waals surface area contributed by atoms with Crippen molar-refractivity contribution >= 4 is 28.5 Å². The Labute approximate surface area is 252 Å². The molecule has 6 rings (SSSR count). The number of amides is 2. The number of aromatic nitrogens is 2. The van der Waals surface area contributed by atoms with Crippen LogP contribution in [0.4, 0.5) is 23.7 Å². The molecule has 4 aromatic rings. The summed E-state index contributed by atoms with van der Waals surface area (Å²) in [6.07, 6.45) is -2.96. The number of pyridine rings is 1. The summed E-state index contributed by atoms with van der Waals surface area (Å²) in [6, 6.07) is 12.0. The number of nitrogens with zero attached hydrogens (tertiary/aromatic N) is 4. The summed E-state index contributed by atoms with van der Waals surface area (Å²) < 4.78 is 48.4. The Morgan fingerprint density at radius 2 is 1.80 bits per heavy atom. The second-order valence-corrected chi connectivity index (χ2v) is 11.2. The van der Waals surface area contributed by atoms with Crippen molar-refractivity contribution in [2.75, 3.05) is 44.6 Å². The molecule has 2 aromatic carbocycles. The number of fused-ring (bicyclic) bond motifs is 2. The van der Waals surface area contributed by atoms with Crippen LogP contribution in [0.1, 0.15) is 39.7 Å². The van der Waals surface area contributed by atoms with Gasteiger partial charge >= 0.3 is 12.2 Å². The second kappa shape index (κ2) is 11.9. The Bertz CT molecular complexity index is 1710. The summed E-state index contributed by atoms with van der Waals surface area (Å²) in [5.41, 5.74) is 2.08. The summed E-state index contributed by atoms with van der Waals surface area (Å²) in [7, 11) is 0. The second-order valence-electron chi connectivity index (χ2n) is 11.2. The third-order valence-electron chi connectivity index (χ3n) is 8.19. The summed E-state index contributed by atoms with van der Waals surface area (Å²) >= 11 is 0. The summed E-state index contributed by atoms with van der Waals surface area (Å²) in [6.45, 7) is 8.00. The van der Waals surface area contributed by atoms with Crippen LogP contribution in [0.5, 0.6) is 11.5 Å². The molecule has 0 spiro atoms. The maximum Gasteiger partial charge on any atom is 0.416 e. The molecule has 0 radical (unpaired) electrons. The number of hydrogen-bond donors (Lipinski definition) is 2. The number of benzene rings is 2. The highest BCUT2D eigenvalue weighted by molar-refractivity contribution is 6.03. The molecule has 9 nitrogen and oxygen atoms in total. The van der Waals surface area contributed by atoms with Gasteiger partial charge in [0.2, 0.25) is 0 Å². The predicted molar refractivity (Wildman–Crippen MR) is 160 cm³/mol. The summed E-state index contributed by atoms with van der Waals surface area (Å²) in [4.78, 5) is 39.2. The molecule has 12 heteroatoms. The van der Waals surface area contributed by atoms with Crippen LogP contribution in [-0.4, -0.2) is 75.8 Å². The van der Waals surface area contributed by atoms with Crippen LogP contribution in [0.25, 0.3) is 11.0 Å². The normalized spacial score (nSPS) is 16.3.